The van der Waals surface area contributed by atoms with Gasteiger partial charge in [-0.2, -0.15) is 0 Å². The Morgan fingerprint density at radius 1 is 1.07 bits per heavy atom. The summed E-state index contributed by atoms with van der Waals surface area (Å²) in [7, 11) is 0. The molecule has 0 bridgehead atoms. The summed E-state index contributed by atoms with van der Waals surface area (Å²) in [5.41, 5.74) is 1.98. The first-order valence-electron chi connectivity index (χ1n) is 4.30. The number of para-hydroxylation sites is 1. The van der Waals surface area contributed by atoms with Crippen molar-refractivity contribution in [3.8, 4) is 5.75 Å². The second-order valence-electron chi connectivity index (χ2n) is 3.01. The average Bonchev–Trinajstić information content (AvgIpc) is 2.29. The van der Waals surface area contributed by atoms with E-state index in [1.165, 1.54) is 6.40 Å². The number of hydrogen-bond acceptors (Lipinski definition) is 3. The van der Waals surface area contributed by atoms with Crippen LogP contribution in [0.5, 0.6) is 5.75 Å². The molecule has 2 aliphatic rings. The van der Waals surface area contributed by atoms with Gasteiger partial charge in [0.25, 0.3) is 0 Å². The molecule has 0 aliphatic carbocycles. The van der Waals surface area contributed by atoms with Crippen molar-refractivity contribution in [2.24, 2.45) is 4.99 Å². The van der Waals surface area contributed by atoms with Crippen molar-refractivity contribution in [1.29, 1.82) is 0 Å². The van der Waals surface area contributed by atoms with Crippen LogP contribution in [0.3, 0.4) is 0 Å². The Bertz CT molecular complexity index is 472. The summed E-state index contributed by atoms with van der Waals surface area (Å²) >= 11 is 0. The fourth-order valence-electron chi connectivity index (χ4n) is 1.52. The number of rotatable bonds is 0. The van der Waals surface area contributed by atoms with Crippen LogP contribution in [0.15, 0.2) is 47.5 Å². The topological polar surface area (TPSA) is 30.8 Å². The minimum atomic E-state index is 0.707. The lowest BCUT2D eigenvalue weighted by Gasteiger charge is -2.20. The zero-order chi connectivity index (χ0) is 9.38. The third-order valence-corrected chi connectivity index (χ3v) is 2.18. The second kappa shape index (κ2) is 2.73. The molecule has 0 saturated carbocycles. The number of aliphatic imine (C=N–C) groups is 1. The lowest BCUT2D eigenvalue weighted by atomic mass is 10.0. The predicted molar refractivity (Wildman–Crippen MR) is 52.7 cm³/mol. The molecule has 3 nitrogen and oxygen atoms in total. The van der Waals surface area contributed by atoms with Gasteiger partial charge in [0.05, 0.1) is 0 Å². The molecule has 0 radical (unpaired) electrons. The van der Waals surface area contributed by atoms with E-state index in [1.54, 1.807) is 12.5 Å². The Labute approximate surface area is 81.0 Å². The summed E-state index contributed by atoms with van der Waals surface area (Å²) in [5, 5.41) is 0. The molecule has 0 spiro atoms. The fraction of sp³-hybridized carbons (Fsp3) is 0. The molecule has 0 N–H and O–H groups in total. The van der Waals surface area contributed by atoms with E-state index in [0.717, 1.165) is 16.9 Å². The Kier molecular flexibility index (Phi) is 1.44. The second-order valence-corrected chi connectivity index (χ2v) is 3.01. The van der Waals surface area contributed by atoms with Crippen molar-refractivity contribution in [3.63, 3.8) is 0 Å². The molecule has 0 unspecified atom stereocenters. The minimum Gasteiger partial charge on any atom is -0.460 e. The van der Waals surface area contributed by atoms with Crippen LogP contribution in [0.4, 0.5) is 0 Å². The molecule has 3 heteroatoms. The summed E-state index contributed by atoms with van der Waals surface area (Å²) in [6, 6.07) is 7.80. The van der Waals surface area contributed by atoms with Crippen molar-refractivity contribution in [1.82, 2.24) is 0 Å². The molecular formula is C11H7NO2. The molecule has 2 aliphatic heterocycles. The normalized spacial score (nSPS) is 16.9. The van der Waals surface area contributed by atoms with Gasteiger partial charge in [-0.1, -0.05) is 18.2 Å². The molecule has 1 aromatic carbocycles. The van der Waals surface area contributed by atoms with Crippen LogP contribution in [-0.4, -0.2) is 6.40 Å². The van der Waals surface area contributed by atoms with Gasteiger partial charge in [0, 0.05) is 17.3 Å². The van der Waals surface area contributed by atoms with Gasteiger partial charge in [-0.15, -0.1) is 0 Å². The van der Waals surface area contributed by atoms with E-state index >= 15 is 0 Å². The number of ether oxygens (including phenoxy) is 2. The van der Waals surface area contributed by atoms with Crippen LogP contribution in [0.2, 0.25) is 0 Å². The lowest BCUT2D eigenvalue weighted by molar-refractivity contribution is 0.389. The number of allylic oxidation sites excluding steroid dienone is 1. The monoisotopic (exact) mass is 185 g/mol. The van der Waals surface area contributed by atoms with E-state index in [9.17, 15) is 0 Å². The van der Waals surface area contributed by atoms with Gasteiger partial charge in [-0.05, 0) is 6.07 Å². The molecule has 1 aromatic rings. The van der Waals surface area contributed by atoms with E-state index < -0.39 is 0 Å². The van der Waals surface area contributed by atoms with Crippen molar-refractivity contribution in [2.75, 3.05) is 0 Å². The van der Waals surface area contributed by atoms with Crippen LogP contribution >= 0.6 is 0 Å². The quantitative estimate of drug-likeness (QED) is 0.621. The van der Waals surface area contributed by atoms with E-state index in [2.05, 4.69) is 4.99 Å². The molecule has 2 heterocycles. The number of nitrogens with zero attached hydrogens (tertiary/aromatic N) is 1. The Morgan fingerprint density at radius 3 is 3.00 bits per heavy atom. The minimum absolute atomic E-state index is 0.707. The molecule has 0 saturated heterocycles. The molecular weight excluding hydrogens is 178 g/mol. The Balaban J connectivity index is 2.22. The SMILES string of the molecule is C1=NC=C2C(=COc3ccccc32)O1. The van der Waals surface area contributed by atoms with Gasteiger partial charge in [0.1, 0.15) is 12.0 Å². The van der Waals surface area contributed by atoms with E-state index in [0.29, 0.717) is 5.76 Å². The predicted octanol–water partition coefficient (Wildman–Crippen LogP) is 2.32. The van der Waals surface area contributed by atoms with Crippen LogP contribution in [0.25, 0.3) is 5.57 Å². The van der Waals surface area contributed by atoms with Crippen LogP contribution < -0.4 is 4.74 Å². The molecule has 14 heavy (non-hydrogen) atoms. The molecule has 0 amide bonds. The standard InChI is InChI=1S/C11H7NO2/c1-2-4-10-8(3-1)9-5-12-7-14-11(9)6-13-10/h1-7H. The third kappa shape index (κ3) is 0.956. The number of benzene rings is 1. The van der Waals surface area contributed by atoms with Crippen molar-refractivity contribution in [3.05, 3.63) is 48.1 Å². The molecule has 0 atom stereocenters. The van der Waals surface area contributed by atoms with Crippen molar-refractivity contribution in [2.45, 2.75) is 0 Å². The maximum Gasteiger partial charge on any atom is 0.181 e. The maximum absolute atomic E-state index is 5.40. The Morgan fingerprint density at radius 2 is 2.00 bits per heavy atom. The highest BCUT2D eigenvalue weighted by atomic mass is 16.5. The highest BCUT2D eigenvalue weighted by Crippen LogP contribution is 2.36. The summed E-state index contributed by atoms with van der Waals surface area (Å²) in [4.78, 5) is 3.95. The van der Waals surface area contributed by atoms with Crippen LogP contribution in [0.1, 0.15) is 5.56 Å². The van der Waals surface area contributed by atoms with Gasteiger partial charge >= 0.3 is 0 Å². The number of hydrogen-bond donors (Lipinski definition) is 0. The zero-order valence-electron chi connectivity index (χ0n) is 7.31. The highest BCUT2D eigenvalue weighted by molar-refractivity contribution is 5.85. The summed E-state index contributed by atoms with van der Waals surface area (Å²) < 4.78 is 10.6. The van der Waals surface area contributed by atoms with Crippen LogP contribution in [0, 0.1) is 0 Å². The summed E-state index contributed by atoms with van der Waals surface area (Å²) in [6.45, 7) is 0. The van der Waals surface area contributed by atoms with Gasteiger partial charge in [0.2, 0.25) is 0 Å². The summed E-state index contributed by atoms with van der Waals surface area (Å²) in [5.74, 6) is 1.54. The number of fused-ring (bicyclic) bond motifs is 3. The third-order valence-electron chi connectivity index (χ3n) is 2.18. The summed E-state index contributed by atoms with van der Waals surface area (Å²) in [6.07, 6.45) is 4.77. The fourth-order valence-corrected chi connectivity index (χ4v) is 1.52. The van der Waals surface area contributed by atoms with E-state index in [4.69, 9.17) is 9.47 Å². The lowest BCUT2D eigenvalue weighted by Crippen LogP contribution is -2.06. The van der Waals surface area contributed by atoms with Gasteiger partial charge < -0.3 is 9.47 Å². The van der Waals surface area contributed by atoms with Crippen LogP contribution in [-0.2, 0) is 4.74 Å². The Hall–Kier alpha value is -2.03. The maximum atomic E-state index is 5.40. The first-order chi connectivity index (χ1) is 6.95. The van der Waals surface area contributed by atoms with E-state index in [-0.39, 0.29) is 0 Å². The molecule has 3 rings (SSSR count). The molecule has 68 valence electrons. The molecule has 0 fully saturated rings. The average molecular weight is 185 g/mol. The van der Waals surface area contributed by atoms with Gasteiger partial charge in [0.15, 0.2) is 12.2 Å². The van der Waals surface area contributed by atoms with Crippen molar-refractivity contribution >= 4 is 12.0 Å². The first kappa shape index (κ1) is 7.38. The zero-order valence-corrected chi connectivity index (χ0v) is 7.31. The highest BCUT2D eigenvalue weighted by Gasteiger charge is 2.20. The smallest absolute Gasteiger partial charge is 0.181 e. The van der Waals surface area contributed by atoms with Gasteiger partial charge in [-0.3, -0.25) is 0 Å². The van der Waals surface area contributed by atoms with E-state index in [1.807, 2.05) is 24.3 Å². The van der Waals surface area contributed by atoms with Crippen molar-refractivity contribution < 1.29 is 9.47 Å². The first-order valence-corrected chi connectivity index (χ1v) is 4.30. The van der Waals surface area contributed by atoms with Gasteiger partial charge in [-0.25, -0.2) is 4.99 Å². The largest absolute Gasteiger partial charge is 0.460 e. The molecule has 0 aromatic heterocycles.